The van der Waals surface area contributed by atoms with Gasteiger partial charge >= 0.3 is 5.97 Å². The zero-order valence-electron chi connectivity index (χ0n) is 11.2. The number of benzene rings is 1. The summed E-state index contributed by atoms with van der Waals surface area (Å²) in [5, 5.41) is 13.5. The quantitative estimate of drug-likeness (QED) is 0.810. The number of carboxylic acid groups (broad SMARTS) is 1. The highest BCUT2D eigenvalue weighted by atomic mass is 32.2. The van der Waals surface area contributed by atoms with Gasteiger partial charge in [0.1, 0.15) is 0 Å². The van der Waals surface area contributed by atoms with Crippen molar-refractivity contribution in [2.45, 2.75) is 35.4 Å². The molecule has 0 bridgehead atoms. The zero-order valence-corrected chi connectivity index (χ0v) is 12.8. The molecule has 2 atom stereocenters. The predicted octanol–water partition coefficient (Wildman–Crippen LogP) is 3.80. The van der Waals surface area contributed by atoms with Crippen LogP contribution in [0, 0.1) is 0 Å². The van der Waals surface area contributed by atoms with Gasteiger partial charge in [0.05, 0.1) is 11.3 Å². The lowest BCUT2D eigenvalue weighted by molar-refractivity contribution is 0.0694. The van der Waals surface area contributed by atoms with Gasteiger partial charge in [0.25, 0.3) is 0 Å². The smallest absolute Gasteiger partial charge is 0.338 e. The average molecular weight is 297 g/mol. The topological polar surface area (TPSA) is 49.3 Å². The van der Waals surface area contributed by atoms with E-state index in [1.165, 1.54) is 18.2 Å². The maximum absolute atomic E-state index is 11.4. The molecule has 0 heterocycles. The number of anilines is 1. The van der Waals surface area contributed by atoms with E-state index in [-0.39, 0.29) is 0 Å². The molecular weight excluding hydrogens is 278 g/mol. The van der Waals surface area contributed by atoms with E-state index < -0.39 is 5.97 Å². The van der Waals surface area contributed by atoms with Crippen molar-refractivity contribution < 1.29 is 9.90 Å². The van der Waals surface area contributed by atoms with E-state index in [1.54, 1.807) is 0 Å². The Labute approximate surface area is 122 Å². The van der Waals surface area contributed by atoms with Gasteiger partial charge in [-0.3, -0.25) is 0 Å². The van der Waals surface area contributed by atoms with Gasteiger partial charge < -0.3 is 10.4 Å². The van der Waals surface area contributed by atoms with Crippen LogP contribution >= 0.6 is 23.5 Å². The summed E-state index contributed by atoms with van der Waals surface area (Å²) in [6, 6.07) is 6.04. The summed E-state index contributed by atoms with van der Waals surface area (Å²) in [5.41, 5.74) is 1.16. The summed E-state index contributed by atoms with van der Waals surface area (Å²) in [6.45, 7) is 0. The number of hydrogen-bond donors (Lipinski definition) is 2. The van der Waals surface area contributed by atoms with Gasteiger partial charge in [0.2, 0.25) is 0 Å². The molecule has 0 spiro atoms. The van der Waals surface area contributed by atoms with Crippen molar-refractivity contribution in [2.24, 2.45) is 0 Å². The van der Waals surface area contributed by atoms with Crippen LogP contribution in [0.3, 0.4) is 0 Å². The molecule has 0 aliphatic heterocycles. The second-order valence-electron chi connectivity index (χ2n) is 4.70. The first-order valence-corrected chi connectivity index (χ1v) is 8.86. The maximum Gasteiger partial charge on any atom is 0.338 e. The van der Waals surface area contributed by atoms with Crippen LogP contribution in [0.5, 0.6) is 0 Å². The summed E-state index contributed by atoms with van der Waals surface area (Å²) in [6.07, 6.45) is 7.50. The van der Waals surface area contributed by atoms with Crippen molar-refractivity contribution in [3.63, 3.8) is 0 Å². The second kappa shape index (κ2) is 6.57. The molecule has 0 aromatic heterocycles. The van der Waals surface area contributed by atoms with E-state index in [2.05, 4.69) is 11.6 Å². The molecule has 19 heavy (non-hydrogen) atoms. The Morgan fingerprint density at radius 3 is 2.74 bits per heavy atom. The molecular formula is C14H19NO2S2. The molecule has 2 unspecified atom stereocenters. The Bertz CT molecular complexity index is 465. The van der Waals surface area contributed by atoms with Crippen molar-refractivity contribution in [2.75, 3.05) is 17.8 Å². The van der Waals surface area contributed by atoms with Crippen LogP contribution in [0.15, 0.2) is 23.1 Å². The maximum atomic E-state index is 11.4. The van der Waals surface area contributed by atoms with Crippen LogP contribution in [-0.2, 0) is 0 Å². The van der Waals surface area contributed by atoms with Gasteiger partial charge in [0, 0.05) is 16.2 Å². The lowest BCUT2D eigenvalue weighted by atomic mass is 10.1. The highest BCUT2D eigenvalue weighted by Crippen LogP contribution is 2.33. The highest BCUT2D eigenvalue weighted by Gasteiger charge is 2.25. The van der Waals surface area contributed by atoms with Crippen LogP contribution < -0.4 is 5.32 Å². The monoisotopic (exact) mass is 297 g/mol. The molecule has 0 radical (unpaired) electrons. The van der Waals surface area contributed by atoms with Gasteiger partial charge in [-0.25, -0.2) is 4.79 Å². The number of carboxylic acids is 1. The van der Waals surface area contributed by atoms with E-state index in [9.17, 15) is 9.90 Å². The molecule has 1 aromatic carbocycles. The predicted molar refractivity (Wildman–Crippen MR) is 83.7 cm³/mol. The minimum absolute atomic E-state index is 0.396. The average Bonchev–Trinajstić information content (AvgIpc) is 2.85. The number of carbonyl (C=O) groups is 1. The lowest BCUT2D eigenvalue weighted by Crippen LogP contribution is -2.18. The van der Waals surface area contributed by atoms with Gasteiger partial charge in [0.15, 0.2) is 0 Å². The third-order valence-electron chi connectivity index (χ3n) is 3.54. The molecule has 1 fully saturated rings. The first kappa shape index (κ1) is 14.6. The Hall–Kier alpha value is -0.810. The molecule has 1 aliphatic carbocycles. The Balaban J connectivity index is 2.18. The molecule has 1 aliphatic rings. The molecule has 5 heteroatoms. The summed E-state index contributed by atoms with van der Waals surface area (Å²) >= 11 is 3.38. The van der Waals surface area contributed by atoms with Crippen molar-refractivity contribution in [1.82, 2.24) is 0 Å². The molecule has 0 saturated heterocycles. The normalized spacial score (nSPS) is 22.4. The fourth-order valence-electron chi connectivity index (χ4n) is 2.55. The molecule has 1 saturated carbocycles. The van der Waals surface area contributed by atoms with Gasteiger partial charge in [-0.2, -0.15) is 11.8 Å². The van der Waals surface area contributed by atoms with Crippen LogP contribution in [-0.4, -0.2) is 34.9 Å². The van der Waals surface area contributed by atoms with Crippen LogP contribution in [0.4, 0.5) is 5.69 Å². The first-order chi connectivity index (χ1) is 9.15. The minimum Gasteiger partial charge on any atom is -0.478 e. The minimum atomic E-state index is -0.855. The molecule has 104 valence electrons. The number of aromatic carboxylic acids is 1. The summed E-state index contributed by atoms with van der Waals surface area (Å²) < 4.78 is 0. The number of nitrogens with one attached hydrogen (secondary N) is 1. The third kappa shape index (κ3) is 3.39. The van der Waals surface area contributed by atoms with E-state index >= 15 is 0 Å². The van der Waals surface area contributed by atoms with Gasteiger partial charge in [-0.15, -0.1) is 11.8 Å². The fraction of sp³-hybridized carbons (Fsp3) is 0.500. The Morgan fingerprint density at radius 1 is 1.37 bits per heavy atom. The van der Waals surface area contributed by atoms with E-state index in [1.807, 2.05) is 36.2 Å². The Morgan fingerprint density at radius 2 is 2.16 bits per heavy atom. The zero-order chi connectivity index (χ0) is 13.8. The van der Waals surface area contributed by atoms with Crippen molar-refractivity contribution in [1.29, 1.82) is 0 Å². The summed E-state index contributed by atoms with van der Waals surface area (Å²) in [5.74, 6) is -0.855. The van der Waals surface area contributed by atoms with E-state index in [4.69, 9.17) is 0 Å². The third-order valence-corrected chi connectivity index (χ3v) is 5.41. The van der Waals surface area contributed by atoms with Gasteiger partial charge in [-0.1, -0.05) is 6.07 Å². The standard InChI is InChI=1S/C14H19NO2S2/c1-18-10-7-6-9(8-10)15-11-4-3-5-12(19-2)13(11)14(16)17/h3-5,9-10,15H,6-8H2,1-2H3,(H,16,17). The first-order valence-electron chi connectivity index (χ1n) is 6.35. The molecule has 3 nitrogen and oxygen atoms in total. The van der Waals surface area contributed by atoms with Crippen molar-refractivity contribution in [3.8, 4) is 0 Å². The molecule has 2 rings (SSSR count). The highest BCUT2D eigenvalue weighted by molar-refractivity contribution is 7.99. The van der Waals surface area contributed by atoms with Crippen LogP contribution in [0.1, 0.15) is 29.6 Å². The van der Waals surface area contributed by atoms with Crippen LogP contribution in [0.25, 0.3) is 0 Å². The second-order valence-corrected chi connectivity index (χ2v) is 6.69. The van der Waals surface area contributed by atoms with Crippen molar-refractivity contribution in [3.05, 3.63) is 23.8 Å². The molecule has 2 N–H and O–H groups in total. The van der Waals surface area contributed by atoms with Crippen molar-refractivity contribution >= 4 is 35.2 Å². The summed E-state index contributed by atoms with van der Waals surface area (Å²) in [7, 11) is 0. The molecule has 1 aromatic rings. The number of rotatable bonds is 5. The number of hydrogen-bond acceptors (Lipinski definition) is 4. The SMILES string of the molecule is CSc1cccc(NC2CCC(SC)C2)c1C(=O)O. The Kier molecular flexibility index (Phi) is 5.05. The summed E-state index contributed by atoms with van der Waals surface area (Å²) in [4.78, 5) is 12.3. The van der Waals surface area contributed by atoms with E-state index in [0.717, 1.165) is 23.4 Å². The lowest BCUT2D eigenvalue weighted by Gasteiger charge is -2.17. The van der Waals surface area contributed by atoms with E-state index in [0.29, 0.717) is 16.9 Å². The van der Waals surface area contributed by atoms with Gasteiger partial charge in [-0.05, 0) is 43.9 Å². The molecule has 0 amide bonds. The van der Waals surface area contributed by atoms with Crippen LogP contribution in [0.2, 0.25) is 0 Å². The fourth-order valence-corrected chi connectivity index (χ4v) is 3.96. The number of thioether (sulfide) groups is 2. The largest absolute Gasteiger partial charge is 0.478 e.